The number of halogens is 2. The van der Waals surface area contributed by atoms with Crippen molar-refractivity contribution in [1.82, 2.24) is 10.2 Å². The molecule has 194 valence electrons. The zero-order chi connectivity index (χ0) is 26.5. The van der Waals surface area contributed by atoms with Crippen LogP contribution < -0.4 is 19.5 Å². The van der Waals surface area contributed by atoms with Crippen LogP contribution in [0.15, 0.2) is 60.7 Å². The minimum absolute atomic E-state index is 0.261. The quantitative estimate of drug-likeness (QED) is 0.499. The summed E-state index contributed by atoms with van der Waals surface area (Å²) in [6.07, 6.45) is 0.261. The number of hydrogen-bond acceptors (Lipinski definition) is 5. The third-order valence-electron chi connectivity index (χ3n) is 7.41. The first-order valence-corrected chi connectivity index (χ1v) is 12.2. The van der Waals surface area contributed by atoms with Gasteiger partial charge in [-0.2, -0.15) is 0 Å². The minimum Gasteiger partial charge on any atom is -0.496 e. The first-order valence-electron chi connectivity index (χ1n) is 11.8. The van der Waals surface area contributed by atoms with E-state index in [4.69, 9.17) is 25.8 Å². The lowest BCUT2D eigenvalue weighted by atomic mass is 9.71. The van der Waals surface area contributed by atoms with E-state index in [1.807, 2.05) is 0 Å². The van der Waals surface area contributed by atoms with Gasteiger partial charge in [-0.25, -0.2) is 9.18 Å². The molecule has 3 aromatic rings. The van der Waals surface area contributed by atoms with E-state index in [-0.39, 0.29) is 12.5 Å². The fourth-order valence-corrected chi connectivity index (χ4v) is 5.92. The second kappa shape index (κ2) is 9.11. The molecule has 37 heavy (non-hydrogen) atoms. The monoisotopic (exact) mass is 526 g/mol. The predicted molar refractivity (Wildman–Crippen MR) is 137 cm³/mol. The molecule has 1 fully saturated rings. The molecule has 0 spiro atoms. The molecule has 2 aliphatic rings. The van der Waals surface area contributed by atoms with Crippen molar-refractivity contribution in [2.45, 2.75) is 29.6 Å². The van der Waals surface area contributed by atoms with E-state index in [0.29, 0.717) is 39.0 Å². The first-order chi connectivity index (χ1) is 17.6. The SMILES string of the molecule is COc1cc(OC)c2c(c1)O[C@]1(c3ccc(Cl)cc3)[C@@H](c3cccc(F)c3)C[C@@H](NC(=O)N(C)C)[C@]21O. The van der Waals surface area contributed by atoms with Crippen LogP contribution >= 0.6 is 11.6 Å². The fraction of sp³-hybridized carbons (Fsp3) is 0.321. The number of nitrogens with zero attached hydrogens (tertiary/aromatic N) is 1. The Bertz CT molecular complexity index is 1350. The summed E-state index contributed by atoms with van der Waals surface area (Å²) in [6.45, 7) is 0. The number of carbonyl (C=O) groups is 1. The van der Waals surface area contributed by atoms with Crippen molar-refractivity contribution in [3.8, 4) is 17.2 Å². The zero-order valence-corrected chi connectivity index (χ0v) is 21.7. The topological polar surface area (TPSA) is 80.3 Å². The second-order valence-corrected chi connectivity index (χ2v) is 9.99. The van der Waals surface area contributed by atoms with Crippen LogP contribution in [-0.4, -0.2) is 50.4 Å². The van der Waals surface area contributed by atoms with E-state index in [1.165, 1.54) is 31.3 Å². The van der Waals surface area contributed by atoms with Crippen LogP contribution in [0.4, 0.5) is 9.18 Å². The fourth-order valence-electron chi connectivity index (χ4n) is 5.79. The molecule has 7 nitrogen and oxygen atoms in total. The van der Waals surface area contributed by atoms with Gasteiger partial charge in [-0.05, 0) is 41.8 Å². The molecule has 2 N–H and O–H groups in total. The number of ether oxygens (including phenoxy) is 3. The van der Waals surface area contributed by atoms with Crippen molar-refractivity contribution in [3.63, 3.8) is 0 Å². The number of urea groups is 1. The number of carbonyl (C=O) groups excluding carboxylic acids is 1. The van der Waals surface area contributed by atoms with Gasteiger partial charge in [0.25, 0.3) is 0 Å². The molecule has 5 rings (SSSR count). The van der Waals surface area contributed by atoms with Gasteiger partial charge >= 0.3 is 6.03 Å². The average Bonchev–Trinajstić information content (AvgIpc) is 3.29. The summed E-state index contributed by atoms with van der Waals surface area (Å²) in [5.74, 6) is 0.185. The molecule has 9 heteroatoms. The number of benzene rings is 3. The summed E-state index contributed by atoms with van der Waals surface area (Å²) in [7, 11) is 6.26. The van der Waals surface area contributed by atoms with E-state index in [2.05, 4.69) is 5.32 Å². The van der Waals surface area contributed by atoms with Crippen LogP contribution in [0.5, 0.6) is 17.2 Å². The van der Waals surface area contributed by atoms with Crippen molar-refractivity contribution >= 4 is 17.6 Å². The number of nitrogens with one attached hydrogen (secondary N) is 1. The van der Waals surface area contributed by atoms with Crippen LogP contribution in [0.1, 0.15) is 29.0 Å². The molecular formula is C28H28ClFN2O5. The number of rotatable bonds is 5. The van der Waals surface area contributed by atoms with E-state index in [0.717, 1.165) is 0 Å². The van der Waals surface area contributed by atoms with E-state index in [1.54, 1.807) is 62.6 Å². The van der Waals surface area contributed by atoms with Crippen LogP contribution in [0.2, 0.25) is 5.02 Å². The lowest BCUT2D eigenvalue weighted by Gasteiger charge is -2.41. The highest BCUT2D eigenvalue weighted by atomic mass is 35.5. The maximum Gasteiger partial charge on any atom is 0.317 e. The van der Waals surface area contributed by atoms with Gasteiger partial charge in [0.2, 0.25) is 0 Å². The Morgan fingerprint density at radius 2 is 1.86 bits per heavy atom. The molecule has 4 atom stereocenters. The summed E-state index contributed by atoms with van der Waals surface area (Å²) in [6, 6.07) is 15.3. The molecule has 0 saturated heterocycles. The standard InChI is InChI=1S/C28H28ClFN2O5/c1-32(2)26(33)31-24-15-21(16-6-5-7-19(30)12-16)28(17-8-10-18(29)11-9-17)27(24,34)25-22(36-4)13-20(35-3)14-23(25)37-28/h5-14,21,24,34H,15H2,1-4H3,(H,31,33)/t21-,24-,27+,28-/m1/s1. The Labute approximate surface area is 219 Å². The molecule has 1 heterocycles. The van der Waals surface area contributed by atoms with Crippen LogP contribution in [0, 0.1) is 5.82 Å². The van der Waals surface area contributed by atoms with Gasteiger partial charge < -0.3 is 29.5 Å². The third-order valence-corrected chi connectivity index (χ3v) is 7.66. The number of amides is 2. The Morgan fingerprint density at radius 3 is 2.49 bits per heavy atom. The minimum atomic E-state index is -1.81. The zero-order valence-electron chi connectivity index (χ0n) is 20.9. The maximum atomic E-state index is 14.5. The van der Waals surface area contributed by atoms with Crippen molar-refractivity contribution in [3.05, 3.63) is 88.2 Å². The van der Waals surface area contributed by atoms with Crippen LogP contribution in [-0.2, 0) is 11.2 Å². The number of aliphatic hydroxyl groups is 1. The summed E-state index contributed by atoms with van der Waals surface area (Å²) < 4.78 is 32.4. The molecule has 2 amide bonds. The van der Waals surface area contributed by atoms with Gasteiger partial charge in [-0.1, -0.05) is 35.9 Å². The van der Waals surface area contributed by atoms with Gasteiger partial charge in [0.15, 0.2) is 11.2 Å². The normalized spacial score (nSPS) is 25.6. The smallest absolute Gasteiger partial charge is 0.317 e. The van der Waals surface area contributed by atoms with Gasteiger partial charge in [-0.3, -0.25) is 0 Å². The number of methoxy groups -OCH3 is 2. The largest absolute Gasteiger partial charge is 0.496 e. The van der Waals surface area contributed by atoms with Crippen molar-refractivity contribution in [2.24, 2.45) is 0 Å². The van der Waals surface area contributed by atoms with Crippen LogP contribution in [0.3, 0.4) is 0 Å². The van der Waals surface area contributed by atoms with Gasteiger partial charge in [-0.15, -0.1) is 0 Å². The lowest BCUT2D eigenvalue weighted by molar-refractivity contribution is -0.116. The van der Waals surface area contributed by atoms with Gasteiger partial charge in [0.1, 0.15) is 23.1 Å². The molecule has 1 saturated carbocycles. The summed E-state index contributed by atoms with van der Waals surface area (Å²) in [5, 5.41) is 16.4. The Balaban J connectivity index is 1.83. The predicted octanol–water partition coefficient (Wildman–Crippen LogP) is 4.80. The molecule has 0 unspecified atom stereocenters. The van der Waals surface area contributed by atoms with E-state index in [9.17, 15) is 14.3 Å². The van der Waals surface area contributed by atoms with Gasteiger partial charge in [0.05, 0.1) is 25.8 Å². The summed E-state index contributed by atoms with van der Waals surface area (Å²) in [5.41, 5.74) is -1.65. The van der Waals surface area contributed by atoms with Crippen LogP contribution in [0.25, 0.3) is 0 Å². The molecule has 3 aromatic carbocycles. The molecule has 0 radical (unpaired) electrons. The molecule has 1 aliphatic heterocycles. The number of hydrogen-bond donors (Lipinski definition) is 2. The Kier molecular flexibility index (Phi) is 6.20. The Morgan fingerprint density at radius 1 is 1.14 bits per heavy atom. The van der Waals surface area contributed by atoms with Gasteiger partial charge in [0, 0.05) is 37.2 Å². The highest BCUT2D eigenvalue weighted by Crippen LogP contribution is 2.68. The first kappa shape index (κ1) is 25.2. The van der Waals surface area contributed by atoms with E-state index >= 15 is 0 Å². The highest BCUT2D eigenvalue weighted by Gasteiger charge is 2.74. The van der Waals surface area contributed by atoms with Crippen molar-refractivity contribution < 1.29 is 28.5 Å². The van der Waals surface area contributed by atoms with E-state index < -0.39 is 29.0 Å². The Hall–Kier alpha value is -3.49. The second-order valence-electron chi connectivity index (χ2n) is 9.55. The van der Waals surface area contributed by atoms with Crippen molar-refractivity contribution in [2.75, 3.05) is 28.3 Å². The maximum absolute atomic E-state index is 14.5. The number of fused-ring (bicyclic) bond motifs is 3. The lowest BCUT2D eigenvalue weighted by Crippen LogP contribution is -2.57. The average molecular weight is 527 g/mol. The molecular weight excluding hydrogens is 499 g/mol. The third kappa shape index (κ3) is 3.69. The molecule has 0 bridgehead atoms. The molecule has 1 aliphatic carbocycles. The molecule has 0 aromatic heterocycles. The summed E-state index contributed by atoms with van der Waals surface area (Å²) >= 11 is 6.22. The summed E-state index contributed by atoms with van der Waals surface area (Å²) in [4.78, 5) is 14.3. The van der Waals surface area contributed by atoms with Crippen molar-refractivity contribution in [1.29, 1.82) is 0 Å². The highest BCUT2D eigenvalue weighted by molar-refractivity contribution is 6.30.